The monoisotopic (exact) mass is 481 g/mol. The molecule has 0 aliphatic heterocycles. The van der Waals surface area contributed by atoms with E-state index in [1.165, 1.54) is 12.1 Å². The van der Waals surface area contributed by atoms with Crippen LogP contribution in [-0.4, -0.2) is 43.9 Å². The Hall–Kier alpha value is -4.56. The fourth-order valence-electron chi connectivity index (χ4n) is 3.88. The summed E-state index contributed by atoms with van der Waals surface area (Å²) in [6.45, 7) is 0.797. The van der Waals surface area contributed by atoms with Crippen LogP contribution in [0.25, 0.3) is 34.0 Å². The summed E-state index contributed by atoms with van der Waals surface area (Å²) in [4.78, 5) is 15.5. The van der Waals surface area contributed by atoms with Crippen molar-refractivity contribution in [1.29, 1.82) is 0 Å². The molecule has 0 unspecified atom stereocenters. The molecular weight excluding hydrogens is 457 g/mol. The normalized spacial score (nSPS) is 11.1. The van der Waals surface area contributed by atoms with Gasteiger partial charge in [0.1, 0.15) is 23.0 Å². The Bertz CT molecular complexity index is 1470. The van der Waals surface area contributed by atoms with Gasteiger partial charge in [-0.05, 0) is 62.1 Å². The average molecular weight is 482 g/mol. The first-order valence-corrected chi connectivity index (χ1v) is 11.4. The number of halogens is 1. The lowest BCUT2D eigenvalue weighted by Gasteiger charge is -2.10. The van der Waals surface area contributed by atoms with Crippen LogP contribution in [0.1, 0.15) is 5.56 Å². The molecule has 0 saturated heterocycles. The summed E-state index contributed by atoms with van der Waals surface area (Å²) in [5.41, 5.74) is 3.69. The topological polar surface area (TPSA) is 76.3 Å². The largest absolute Gasteiger partial charge is 0.426 e. The second-order valence-electron chi connectivity index (χ2n) is 8.53. The number of benzene rings is 3. The fourth-order valence-corrected chi connectivity index (χ4v) is 3.88. The van der Waals surface area contributed by atoms with E-state index in [9.17, 15) is 9.60 Å². The lowest BCUT2D eigenvalue weighted by atomic mass is 10.1. The van der Waals surface area contributed by atoms with Gasteiger partial charge in [0, 0.05) is 23.9 Å². The summed E-state index contributed by atoms with van der Waals surface area (Å²) in [5.74, 6) is 0.565. The maximum absolute atomic E-state index is 13.6. The second kappa shape index (κ2) is 9.97. The van der Waals surface area contributed by atoms with Gasteiger partial charge in [-0.1, -0.05) is 42.5 Å². The molecule has 0 radical (unpaired) electrons. The van der Waals surface area contributed by atoms with Crippen molar-refractivity contribution in [2.45, 2.75) is 6.54 Å². The molecule has 5 rings (SSSR count). The zero-order valence-corrected chi connectivity index (χ0v) is 19.8. The van der Waals surface area contributed by atoms with Crippen LogP contribution in [0.5, 0.6) is 11.8 Å². The van der Waals surface area contributed by atoms with E-state index in [1.54, 1.807) is 36.5 Å². The van der Waals surface area contributed by atoms with Crippen molar-refractivity contribution < 1.29 is 14.3 Å². The maximum Gasteiger partial charge on any atom is 0.322 e. The van der Waals surface area contributed by atoms with Gasteiger partial charge < -0.3 is 14.8 Å². The zero-order valence-electron chi connectivity index (χ0n) is 19.8. The molecule has 0 fully saturated rings. The number of hydrogen-bond donors (Lipinski definition) is 1. The first-order chi connectivity index (χ1) is 17.5. The van der Waals surface area contributed by atoms with E-state index in [4.69, 9.17) is 9.72 Å². The zero-order chi connectivity index (χ0) is 25.1. The Labute approximate surface area is 208 Å². The lowest BCUT2D eigenvalue weighted by molar-refractivity contribution is 0.195. The van der Waals surface area contributed by atoms with Gasteiger partial charge in [-0.3, -0.25) is 0 Å². The highest BCUT2D eigenvalue weighted by atomic mass is 19.1. The van der Waals surface area contributed by atoms with Gasteiger partial charge in [-0.15, -0.1) is 0 Å². The highest BCUT2D eigenvalue weighted by molar-refractivity contribution is 5.80. The van der Waals surface area contributed by atoms with Gasteiger partial charge >= 0.3 is 6.01 Å². The molecule has 2 heterocycles. The number of aromatic nitrogens is 4. The summed E-state index contributed by atoms with van der Waals surface area (Å²) in [6, 6.07) is 24.8. The SMILES string of the molecule is CN(C)Cc1ccc(-c2nc(-c3ccc(F)cc3)c(-c3ccnc(Oc4ccccc4)n3)n2O)cc1. The van der Waals surface area contributed by atoms with Crippen molar-refractivity contribution in [1.82, 2.24) is 24.6 Å². The Morgan fingerprint density at radius 1 is 0.861 bits per heavy atom. The fraction of sp³-hybridized carbons (Fsp3) is 0.107. The minimum Gasteiger partial charge on any atom is -0.426 e. The molecule has 1 N–H and O–H groups in total. The maximum atomic E-state index is 13.6. The number of nitrogens with zero attached hydrogens (tertiary/aromatic N) is 5. The van der Waals surface area contributed by atoms with Crippen molar-refractivity contribution in [3.05, 3.63) is 103 Å². The van der Waals surface area contributed by atoms with Gasteiger partial charge in [0.2, 0.25) is 0 Å². The third kappa shape index (κ3) is 4.94. The van der Waals surface area contributed by atoms with Gasteiger partial charge in [0.25, 0.3) is 0 Å². The van der Waals surface area contributed by atoms with E-state index >= 15 is 0 Å². The van der Waals surface area contributed by atoms with E-state index < -0.39 is 0 Å². The predicted octanol–water partition coefficient (Wildman–Crippen LogP) is 5.90. The van der Waals surface area contributed by atoms with E-state index in [0.717, 1.165) is 22.4 Å². The number of rotatable bonds is 7. The molecule has 36 heavy (non-hydrogen) atoms. The molecule has 8 heteroatoms. The van der Waals surface area contributed by atoms with Gasteiger partial charge in [-0.25, -0.2) is 14.4 Å². The summed E-state index contributed by atoms with van der Waals surface area (Å²) in [5, 5.41) is 11.3. The quantitative estimate of drug-likeness (QED) is 0.292. The second-order valence-corrected chi connectivity index (χ2v) is 8.53. The molecule has 7 nitrogen and oxygen atoms in total. The Morgan fingerprint density at radius 2 is 1.56 bits per heavy atom. The molecule has 0 amide bonds. The standard InChI is InChI=1S/C28H24FN5O2/c1-33(2)18-19-8-10-21(11-9-19)27-32-25(20-12-14-22(29)15-13-20)26(34(27)35)24-16-17-30-28(31-24)36-23-6-4-3-5-7-23/h3-17,35H,18H2,1-2H3. The molecule has 0 aliphatic rings. The highest BCUT2D eigenvalue weighted by Crippen LogP contribution is 2.35. The van der Waals surface area contributed by atoms with Crippen LogP contribution >= 0.6 is 0 Å². The molecule has 0 bridgehead atoms. The smallest absolute Gasteiger partial charge is 0.322 e. The minimum absolute atomic E-state index is 0.125. The molecule has 0 spiro atoms. The third-order valence-electron chi connectivity index (χ3n) is 5.51. The molecule has 0 saturated carbocycles. The Kier molecular flexibility index (Phi) is 6.42. The van der Waals surface area contributed by atoms with Gasteiger partial charge in [0.15, 0.2) is 5.82 Å². The summed E-state index contributed by atoms with van der Waals surface area (Å²) < 4.78 is 20.4. The highest BCUT2D eigenvalue weighted by Gasteiger charge is 2.23. The molecule has 0 aliphatic carbocycles. The average Bonchev–Trinajstić information content (AvgIpc) is 3.22. The summed E-state index contributed by atoms with van der Waals surface area (Å²) in [6.07, 6.45) is 1.55. The molecule has 2 aromatic heterocycles. The molecule has 3 aromatic carbocycles. The number of ether oxygens (including phenoxy) is 1. The van der Waals surface area contributed by atoms with E-state index in [1.807, 2.05) is 56.6 Å². The Balaban J connectivity index is 1.60. The van der Waals surface area contributed by atoms with E-state index in [0.29, 0.717) is 34.2 Å². The Morgan fingerprint density at radius 3 is 2.25 bits per heavy atom. The lowest BCUT2D eigenvalue weighted by Crippen LogP contribution is -2.10. The van der Waals surface area contributed by atoms with Crippen LogP contribution in [0.15, 0.2) is 91.1 Å². The first kappa shape index (κ1) is 23.2. The van der Waals surface area contributed by atoms with Crippen molar-refractivity contribution in [2.75, 3.05) is 14.1 Å². The van der Waals surface area contributed by atoms with Gasteiger partial charge in [0.05, 0.1) is 5.69 Å². The van der Waals surface area contributed by atoms with Crippen LogP contribution < -0.4 is 4.74 Å². The summed E-state index contributed by atoms with van der Waals surface area (Å²) >= 11 is 0. The van der Waals surface area contributed by atoms with Crippen LogP contribution in [0.4, 0.5) is 4.39 Å². The van der Waals surface area contributed by atoms with Crippen LogP contribution in [0.3, 0.4) is 0 Å². The molecular formula is C28H24FN5O2. The third-order valence-corrected chi connectivity index (χ3v) is 5.51. The van der Waals surface area contributed by atoms with E-state index in [-0.39, 0.29) is 11.8 Å². The summed E-state index contributed by atoms with van der Waals surface area (Å²) in [7, 11) is 4.01. The number of para-hydroxylation sites is 1. The van der Waals surface area contributed by atoms with Crippen molar-refractivity contribution in [2.24, 2.45) is 0 Å². The molecule has 5 aromatic rings. The molecule has 0 atom stereocenters. The first-order valence-electron chi connectivity index (χ1n) is 11.4. The van der Waals surface area contributed by atoms with Crippen LogP contribution in [-0.2, 0) is 6.54 Å². The predicted molar refractivity (Wildman–Crippen MR) is 135 cm³/mol. The van der Waals surface area contributed by atoms with Crippen LogP contribution in [0, 0.1) is 5.82 Å². The number of imidazole rings is 1. The minimum atomic E-state index is -0.360. The molecule has 180 valence electrons. The van der Waals surface area contributed by atoms with Crippen molar-refractivity contribution in [3.63, 3.8) is 0 Å². The van der Waals surface area contributed by atoms with Gasteiger partial charge in [-0.2, -0.15) is 9.71 Å². The van der Waals surface area contributed by atoms with Crippen LogP contribution in [0.2, 0.25) is 0 Å². The number of hydrogen-bond acceptors (Lipinski definition) is 6. The van der Waals surface area contributed by atoms with Crippen molar-refractivity contribution >= 4 is 0 Å². The van der Waals surface area contributed by atoms with E-state index in [2.05, 4.69) is 14.9 Å². The van der Waals surface area contributed by atoms with Crippen molar-refractivity contribution in [3.8, 4) is 45.8 Å².